The highest BCUT2D eigenvalue weighted by Gasteiger charge is 2.31. The highest BCUT2D eigenvalue weighted by molar-refractivity contribution is 8.03. The Morgan fingerprint density at radius 2 is 1.97 bits per heavy atom. The van der Waals surface area contributed by atoms with Crippen molar-refractivity contribution in [2.24, 2.45) is 10.9 Å². The van der Waals surface area contributed by atoms with Crippen molar-refractivity contribution in [1.29, 1.82) is 0 Å². The van der Waals surface area contributed by atoms with Crippen LogP contribution in [0, 0.1) is 11.7 Å². The summed E-state index contributed by atoms with van der Waals surface area (Å²) in [5, 5.41) is 2.02. The molecule has 1 fully saturated rings. The summed E-state index contributed by atoms with van der Waals surface area (Å²) in [5.41, 5.74) is 0.425. The lowest BCUT2D eigenvalue weighted by Gasteiger charge is -2.31. The second-order valence-electron chi connectivity index (χ2n) is 8.45. The summed E-state index contributed by atoms with van der Waals surface area (Å²) in [6.45, 7) is 3.50. The molecule has 2 aliphatic rings. The zero-order valence-corrected chi connectivity index (χ0v) is 21.1. The molecule has 2 aliphatic heterocycles. The highest BCUT2D eigenvalue weighted by Crippen LogP contribution is 2.27. The van der Waals surface area contributed by atoms with Crippen LogP contribution < -0.4 is 4.74 Å². The summed E-state index contributed by atoms with van der Waals surface area (Å²) in [5.74, 6) is -0.922. The van der Waals surface area contributed by atoms with Crippen LogP contribution in [0.25, 0.3) is 0 Å². The molecule has 3 rings (SSSR count). The average molecular weight is 515 g/mol. The lowest BCUT2D eigenvalue weighted by Crippen LogP contribution is -2.41. The Labute approximate surface area is 202 Å². The molecular formula is C23H31FN2O6S2. The van der Waals surface area contributed by atoms with Crippen LogP contribution in [0.15, 0.2) is 39.2 Å². The van der Waals surface area contributed by atoms with E-state index < -0.39 is 26.5 Å². The molecule has 1 atom stereocenters. The fourth-order valence-electron chi connectivity index (χ4n) is 3.79. The monoisotopic (exact) mass is 514 g/mol. The predicted molar refractivity (Wildman–Crippen MR) is 128 cm³/mol. The standard InChI is InChI=1S/C23H31FN2O6S2/c1-3-4-5-6-13-31-23(27)26-11-9-17(10-12-26)22-25-18(16-33(22)28)15-32-21-8-7-19(14-20(21)24)34(2,29)30/h7-8,14,16-17H,3-6,9-13,15H2,1-2H3. The van der Waals surface area contributed by atoms with E-state index in [1.807, 2.05) is 0 Å². The first-order chi connectivity index (χ1) is 16.2. The largest absolute Gasteiger partial charge is 0.484 e. The van der Waals surface area contributed by atoms with E-state index in [9.17, 15) is 21.8 Å². The van der Waals surface area contributed by atoms with E-state index in [1.54, 1.807) is 4.90 Å². The van der Waals surface area contributed by atoms with Gasteiger partial charge in [0.05, 0.1) is 28.0 Å². The normalized spacial score (nSPS) is 19.0. The number of hydrogen-bond acceptors (Lipinski definition) is 7. The third-order valence-corrected chi connectivity index (χ3v) is 8.17. The fourth-order valence-corrected chi connectivity index (χ4v) is 5.68. The lowest BCUT2D eigenvalue weighted by molar-refractivity contribution is 0.0907. The van der Waals surface area contributed by atoms with E-state index in [0.29, 0.717) is 43.3 Å². The first-order valence-electron chi connectivity index (χ1n) is 11.4. The van der Waals surface area contributed by atoms with Gasteiger partial charge in [-0.3, -0.25) is 0 Å². The number of aliphatic imine (C=N–C) groups is 1. The molecule has 1 saturated heterocycles. The van der Waals surface area contributed by atoms with E-state index in [0.717, 1.165) is 38.0 Å². The van der Waals surface area contributed by atoms with E-state index in [2.05, 4.69) is 11.9 Å². The van der Waals surface area contributed by atoms with Gasteiger partial charge in [-0.25, -0.2) is 26.8 Å². The molecule has 0 radical (unpaired) electrons. The van der Waals surface area contributed by atoms with Gasteiger partial charge in [0.15, 0.2) is 21.4 Å². The van der Waals surface area contributed by atoms with Crippen LogP contribution >= 0.6 is 0 Å². The molecule has 11 heteroatoms. The van der Waals surface area contributed by atoms with Gasteiger partial charge >= 0.3 is 6.09 Å². The molecule has 0 spiro atoms. The van der Waals surface area contributed by atoms with Crippen LogP contribution in [0.1, 0.15) is 45.4 Å². The quantitative estimate of drug-likeness (QED) is 0.437. The number of sulfone groups is 1. The Morgan fingerprint density at radius 3 is 2.62 bits per heavy atom. The minimum atomic E-state index is -3.52. The van der Waals surface area contributed by atoms with E-state index in [1.165, 1.54) is 17.5 Å². The third kappa shape index (κ3) is 7.11. The Morgan fingerprint density at radius 1 is 1.24 bits per heavy atom. The number of hydrogen-bond donors (Lipinski definition) is 0. The van der Waals surface area contributed by atoms with Crippen LogP contribution in [-0.2, 0) is 25.4 Å². The Hall–Kier alpha value is -2.27. The SMILES string of the molecule is CCCCCCOC(=O)N1CCC(C2=NC(COc3ccc(S(C)(=O)=O)cc3F)=CS2=O)CC1. The number of nitrogens with zero attached hydrogens (tertiary/aromatic N) is 2. The summed E-state index contributed by atoms with van der Waals surface area (Å²) < 4.78 is 60.6. The van der Waals surface area contributed by atoms with E-state index in [-0.39, 0.29) is 29.3 Å². The number of halogens is 1. The van der Waals surface area contributed by atoms with Crippen molar-refractivity contribution in [2.75, 3.05) is 32.6 Å². The van der Waals surface area contributed by atoms with Gasteiger partial charge in [-0.2, -0.15) is 0 Å². The molecule has 1 aromatic rings. The van der Waals surface area contributed by atoms with Gasteiger partial charge < -0.3 is 14.4 Å². The zero-order valence-electron chi connectivity index (χ0n) is 19.5. The molecule has 0 aromatic heterocycles. The number of benzene rings is 1. The van der Waals surface area contributed by atoms with Gasteiger partial charge in [-0.1, -0.05) is 26.2 Å². The Bertz CT molecular complexity index is 1080. The summed E-state index contributed by atoms with van der Waals surface area (Å²) >= 11 is 0. The summed E-state index contributed by atoms with van der Waals surface area (Å²) in [4.78, 5) is 18.2. The second-order valence-corrected chi connectivity index (χ2v) is 11.7. The maximum Gasteiger partial charge on any atom is 0.409 e. The van der Waals surface area contributed by atoms with Crippen molar-refractivity contribution in [3.8, 4) is 5.75 Å². The second kappa shape index (κ2) is 11.9. The molecule has 1 aromatic carbocycles. The van der Waals surface area contributed by atoms with Gasteiger partial charge in [-0.15, -0.1) is 0 Å². The topological polar surface area (TPSA) is 102 Å². The number of carbonyl (C=O) groups is 1. The molecule has 2 heterocycles. The Kier molecular flexibility index (Phi) is 9.24. The molecule has 188 valence electrons. The zero-order chi connectivity index (χ0) is 24.7. The van der Waals surface area contributed by atoms with Crippen molar-refractivity contribution in [3.05, 3.63) is 35.1 Å². The molecule has 8 nitrogen and oxygen atoms in total. The van der Waals surface area contributed by atoms with Crippen molar-refractivity contribution < 1.29 is 31.3 Å². The van der Waals surface area contributed by atoms with Crippen LogP contribution in [0.3, 0.4) is 0 Å². The smallest absolute Gasteiger partial charge is 0.409 e. The fraction of sp³-hybridized carbons (Fsp3) is 0.565. The first kappa shape index (κ1) is 26.3. The molecular weight excluding hydrogens is 483 g/mol. The van der Waals surface area contributed by atoms with Gasteiger partial charge in [0.25, 0.3) is 0 Å². The minimum absolute atomic E-state index is 0.0195. The molecule has 0 N–H and O–H groups in total. The maximum atomic E-state index is 14.2. The van der Waals surface area contributed by atoms with Crippen LogP contribution in [-0.4, -0.2) is 61.2 Å². The van der Waals surface area contributed by atoms with E-state index in [4.69, 9.17) is 9.47 Å². The number of carbonyl (C=O) groups excluding carboxylic acids is 1. The van der Waals surface area contributed by atoms with Crippen molar-refractivity contribution in [2.45, 2.75) is 50.3 Å². The van der Waals surface area contributed by atoms with Gasteiger partial charge in [0, 0.05) is 30.7 Å². The van der Waals surface area contributed by atoms with Crippen molar-refractivity contribution in [1.82, 2.24) is 4.90 Å². The van der Waals surface area contributed by atoms with Gasteiger partial charge in [0.1, 0.15) is 11.7 Å². The molecule has 1 unspecified atom stereocenters. The lowest BCUT2D eigenvalue weighted by atomic mass is 9.98. The molecule has 34 heavy (non-hydrogen) atoms. The summed E-state index contributed by atoms with van der Waals surface area (Å²) in [6, 6.07) is 3.43. The van der Waals surface area contributed by atoms with Crippen molar-refractivity contribution >= 4 is 31.8 Å². The van der Waals surface area contributed by atoms with Crippen LogP contribution in [0.2, 0.25) is 0 Å². The number of rotatable bonds is 10. The number of ether oxygens (including phenoxy) is 2. The first-order valence-corrected chi connectivity index (χ1v) is 14.5. The third-order valence-electron chi connectivity index (χ3n) is 5.74. The van der Waals surface area contributed by atoms with Gasteiger partial charge in [-0.05, 0) is 37.5 Å². The summed E-state index contributed by atoms with van der Waals surface area (Å²) in [6.07, 6.45) is 6.15. The average Bonchev–Trinajstić information content (AvgIpc) is 3.17. The van der Waals surface area contributed by atoms with Gasteiger partial charge in [0.2, 0.25) is 0 Å². The van der Waals surface area contributed by atoms with Crippen LogP contribution in [0.5, 0.6) is 5.75 Å². The molecule has 0 aliphatic carbocycles. The number of amides is 1. The number of unbranched alkanes of at least 4 members (excludes halogenated alkanes) is 3. The van der Waals surface area contributed by atoms with E-state index >= 15 is 0 Å². The molecule has 0 bridgehead atoms. The van der Waals surface area contributed by atoms with Crippen molar-refractivity contribution in [3.63, 3.8) is 0 Å². The molecule has 1 amide bonds. The number of likely N-dealkylation sites (tertiary alicyclic amines) is 1. The van der Waals surface area contributed by atoms with Crippen LogP contribution in [0.4, 0.5) is 9.18 Å². The Balaban J connectivity index is 1.48. The highest BCUT2D eigenvalue weighted by atomic mass is 32.2. The minimum Gasteiger partial charge on any atom is -0.484 e. The summed E-state index contributed by atoms with van der Waals surface area (Å²) in [7, 11) is -4.92. The molecule has 0 saturated carbocycles. The maximum absolute atomic E-state index is 14.2. The predicted octanol–water partition coefficient (Wildman–Crippen LogP) is 4.04. The number of piperidine rings is 1.